The lowest BCUT2D eigenvalue weighted by atomic mass is 9.68. The Bertz CT molecular complexity index is 475. The predicted octanol–water partition coefficient (Wildman–Crippen LogP) is 2.72. The fraction of sp³-hybridized carbons (Fsp3) is 0.789. The van der Waals surface area contributed by atoms with Crippen molar-refractivity contribution in [2.45, 2.75) is 59.3 Å². The van der Waals surface area contributed by atoms with Gasteiger partial charge in [-0.2, -0.15) is 0 Å². The number of carbonyl (C=O) groups excluding carboxylic acids is 4. The van der Waals surface area contributed by atoms with Crippen LogP contribution >= 0.6 is 0 Å². The summed E-state index contributed by atoms with van der Waals surface area (Å²) >= 11 is 0. The molecule has 0 radical (unpaired) electrons. The summed E-state index contributed by atoms with van der Waals surface area (Å²) in [5, 5.41) is 0. The van der Waals surface area contributed by atoms with E-state index in [4.69, 9.17) is 4.74 Å². The van der Waals surface area contributed by atoms with Gasteiger partial charge in [-0.3, -0.25) is 19.2 Å². The molecule has 0 amide bonds. The second kappa shape index (κ2) is 10.3. The van der Waals surface area contributed by atoms with Crippen LogP contribution in [0.1, 0.15) is 59.3 Å². The van der Waals surface area contributed by atoms with Gasteiger partial charge in [0.05, 0.1) is 11.3 Å². The Morgan fingerprint density at radius 2 is 1.68 bits per heavy atom. The first-order valence-corrected chi connectivity index (χ1v) is 9.03. The molecule has 2 rings (SSSR count). The zero-order valence-corrected chi connectivity index (χ0v) is 15.5. The predicted molar refractivity (Wildman–Crippen MR) is 91.7 cm³/mol. The molecule has 2 aliphatic carbocycles. The first-order chi connectivity index (χ1) is 11.9. The Morgan fingerprint density at radius 3 is 2.24 bits per heavy atom. The van der Waals surface area contributed by atoms with Gasteiger partial charge in [0.15, 0.2) is 0 Å². The Hall–Kier alpha value is -1.72. The topological polar surface area (TPSA) is 86.7 Å². The maximum Gasteiger partial charge on any atom is 0.293 e. The van der Waals surface area contributed by atoms with E-state index in [0.29, 0.717) is 37.6 Å². The number of ether oxygens (including phenoxy) is 2. The van der Waals surface area contributed by atoms with Crippen LogP contribution in [-0.2, 0) is 28.7 Å². The van der Waals surface area contributed by atoms with E-state index in [1.54, 1.807) is 0 Å². The number of rotatable bonds is 6. The molecule has 0 saturated heterocycles. The van der Waals surface area contributed by atoms with E-state index in [1.165, 1.54) is 0 Å². The maximum absolute atomic E-state index is 11.6. The van der Waals surface area contributed by atoms with Gasteiger partial charge in [-0.25, -0.2) is 0 Å². The summed E-state index contributed by atoms with van der Waals surface area (Å²) in [4.78, 5) is 42.9. The second-order valence-electron chi connectivity index (χ2n) is 7.41. The van der Waals surface area contributed by atoms with Crippen LogP contribution in [0.15, 0.2) is 0 Å². The molecule has 0 aliphatic heterocycles. The normalized spacial score (nSPS) is 32.2. The molecule has 25 heavy (non-hydrogen) atoms. The van der Waals surface area contributed by atoms with Crippen LogP contribution in [0.3, 0.4) is 0 Å². The molecule has 6 heteroatoms. The first-order valence-electron chi connectivity index (χ1n) is 9.03. The van der Waals surface area contributed by atoms with Gasteiger partial charge in [-0.1, -0.05) is 13.8 Å². The van der Waals surface area contributed by atoms with Crippen LogP contribution in [0.4, 0.5) is 0 Å². The summed E-state index contributed by atoms with van der Waals surface area (Å²) in [6.07, 6.45) is 5.34. The molecule has 2 fully saturated rings. The largest absolute Gasteiger partial charge is 0.467 e. The van der Waals surface area contributed by atoms with Gasteiger partial charge < -0.3 is 9.47 Å². The molecule has 0 spiro atoms. The standard InChI is InChI=1S/C10H16O3.C9H14O3/c1-8-4-3-5-9(12)10(8,2)6-13-7-11;1-7-3-2-4-9(11)8(7)5-12-6-10/h7-8H,3-6H2,1-2H3;6-8H,2-5H2,1H3/t8-,10-;7-,8+/m11/s1. The molecule has 0 aromatic heterocycles. The Morgan fingerprint density at radius 1 is 1.04 bits per heavy atom. The molecular formula is C19H30O6. The van der Waals surface area contributed by atoms with Gasteiger partial charge in [0.2, 0.25) is 0 Å². The van der Waals surface area contributed by atoms with Gasteiger partial charge in [-0.05, 0) is 44.4 Å². The molecule has 0 unspecified atom stereocenters. The third-order valence-corrected chi connectivity index (χ3v) is 5.74. The average molecular weight is 354 g/mol. The molecule has 0 N–H and O–H groups in total. The van der Waals surface area contributed by atoms with Gasteiger partial charge in [0, 0.05) is 12.8 Å². The molecule has 6 nitrogen and oxygen atoms in total. The first kappa shape index (κ1) is 21.3. The molecule has 0 heterocycles. The van der Waals surface area contributed by atoms with Crippen LogP contribution < -0.4 is 0 Å². The highest BCUT2D eigenvalue weighted by molar-refractivity contribution is 5.85. The van der Waals surface area contributed by atoms with Gasteiger partial charge >= 0.3 is 0 Å². The van der Waals surface area contributed by atoms with Crippen molar-refractivity contribution in [3.8, 4) is 0 Å². The number of hydrogen-bond donors (Lipinski definition) is 0. The number of Topliss-reactive ketones (excluding diaryl/α,β-unsaturated/α-hetero) is 2. The smallest absolute Gasteiger partial charge is 0.293 e. The lowest BCUT2D eigenvalue weighted by molar-refractivity contribution is -0.144. The zero-order chi connectivity index (χ0) is 18.9. The van der Waals surface area contributed by atoms with Crippen molar-refractivity contribution in [3.05, 3.63) is 0 Å². The van der Waals surface area contributed by atoms with Crippen molar-refractivity contribution in [1.82, 2.24) is 0 Å². The maximum atomic E-state index is 11.6. The van der Waals surface area contributed by atoms with E-state index in [0.717, 1.165) is 25.7 Å². The second-order valence-corrected chi connectivity index (χ2v) is 7.41. The highest BCUT2D eigenvalue weighted by atomic mass is 16.5. The molecular weight excluding hydrogens is 324 g/mol. The molecule has 2 saturated carbocycles. The minimum atomic E-state index is -0.445. The van der Waals surface area contributed by atoms with Crippen molar-refractivity contribution in [1.29, 1.82) is 0 Å². The highest BCUT2D eigenvalue weighted by Gasteiger charge is 2.41. The average Bonchev–Trinajstić information content (AvgIpc) is 2.58. The lowest BCUT2D eigenvalue weighted by Crippen LogP contribution is -2.41. The molecule has 142 valence electrons. The SMILES string of the molecule is C[C@@H]1CCCC(=O)[C@H]1COC=O.C[C@@H]1CCCC(=O)[C@]1(C)COC=O. The van der Waals surface area contributed by atoms with Gasteiger partial charge in [0.1, 0.15) is 24.8 Å². The van der Waals surface area contributed by atoms with Crippen molar-refractivity contribution in [2.75, 3.05) is 13.2 Å². The number of ketones is 2. The van der Waals surface area contributed by atoms with Crippen molar-refractivity contribution >= 4 is 24.5 Å². The monoisotopic (exact) mass is 354 g/mol. The summed E-state index contributed by atoms with van der Waals surface area (Å²) in [6.45, 7) is 7.30. The van der Waals surface area contributed by atoms with Gasteiger partial charge in [-0.15, -0.1) is 0 Å². The van der Waals surface area contributed by atoms with E-state index in [1.807, 2.05) is 20.8 Å². The van der Waals surface area contributed by atoms with Crippen molar-refractivity contribution in [2.24, 2.45) is 23.2 Å². The highest BCUT2D eigenvalue weighted by Crippen LogP contribution is 2.38. The van der Waals surface area contributed by atoms with E-state index in [2.05, 4.69) is 4.74 Å². The quantitative estimate of drug-likeness (QED) is 0.682. The Balaban J connectivity index is 0.000000251. The van der Waals surface area contributed by atoms with Crippen LogP contribution in [0, 0.1) is 23.2 Å². The molecule has 2 aliphatic rings. The van der Waals surface area contributed by atoms with Gasteiger partial charge in [0.25, 0.3) is 12.9 Å². The molecule has 4 atom stereocenters. The fourth-order valence-electron chi connectivity index (χ4n) is 3.58. The van der Waals surface area contributed by atoms with E-state index in [9.17, 15) is 19.2 Å². The summed E-state index contributed by atoms with van der Waals surface area (Å²) in [5.74, 6) is 1.10. The summed E-state index contributed by atoms with van der Waals surface area (Å²) in [6, 6.07) is 0. The minimum Gasteiger partial charge on any atom is -0.467 e. The van der Waals surface area contributed by atoms with Crippen molar-refractivity contribution < 1.29 is 28.7 Å². The fourth-order valence-corrected chi connectivity index (χ4v) is 3.58. The van der Waals surface area contributed by atoms with Crippen LogP contribution in [0.5, 0.6) is 0 Å². The zero-order valence-electron chi connectivity index (χ0n) is 15.5. The Kier molecular flexibility index (Phi) is 8.79. The number of hydrogen-bond acceptors (Lipinski definition) is 6. The minimum absolute atomic E-state index is 0.0519. The third-order valence-electron chi connectivity index (χ3n) is 5.74. The van der Waals surface area contributed by atoms with Crippen LogP contribution in [0.2, 0.25) is 0 Å². The lowest BCUT2D eigenvalue weighted by Gasteiger charge is -2.36. The number of carbonyl (C=O) groups is 4. The van der Waals surface area contributed by atoms with Crippen molar-refractivity contribution in [3.63, 3.8) is 0 Å². The summed E-state index contributed by atoms with van der Waals surface area (Å²) < 4.78 is 9.33. The third kappa shape index (κ3) is 5.94. The molecule has 0 aromatic rings. The molecule has 0 bridgehead atoms. The van der Waals surface area contributed by atoms with Crippen LogP contribution in [0.25, 0.3) is 0 Å². The van der Waals surface area contributed by atoms with E-state index in [-0.39, 0.29) is 30.7 Å². The molecule has 0 aromatic carbocycles. The summed E-state index contributed by atoms with van der Waals surface area (Å²) in [7, 11) is 0. The Labute approximate surface area is 149 Å². The van der Waals surface area contributed by atoms with E-state index >= 15 is 0 Å². The van der Waals surface area contributed by atoms with E-state index < -0.39 is 5.41 Å². The summed E-state index contributed by atoms with van der Waals surface area (Å²) in [5.41, 5.74) is -0.445. The van der Waals surface area contributed by atoms with Crippen LogP contribution in [-0.4, -0.2) is 37.7 Å².